The van der Waals surface area contributed by atoms with Crippen LogP contribution in [0.25, 0.3) is 0 Å². The normalized spacial score (nSPS) is 20.4. The Morgan fingerprint density at radius 1 is 1.62 bits per heavy atom. The van der Waals surface area contributed by atoms with Gasteiger partial charge in [0.15, 0.2) is 11.6 Å². The van der Waals surface area contributed by atoms with E-state index in [0.717, 1.165) is 25.9 Å². The molecule has 1 aromatic rings. The summed E-state index contributed by atoms with van der Waals surface area (Å²) in [5, 5.41) is 0. The zero-order chi connectivity index (χ0) is 11.5. The minimum Gasteiger partial charge on any atom is -0.354 e. The van der Waals surface area contributed by atoms with Gasteiger partial charge in [-0.3, -0.25) is 0 Å². The fourth-order valence-corrected chi connectivity index (χ4v) is 2.67. The van der Waals surface area contributed by atoms with Crippen LogP contribution in [0.15, 0.2) is 16.7 Å². The summed E-state index contributed by atoms with van der Waals surface area (Å²) < 4.78 is 14.3. The van der Waals surface area contributed by atoms with Gasteiger partial charge < -0.3 is 4.90 Å². The molecule has 16 heavy (non-hydrogen) atoms. The molecule has 88 valence electrons. The maximum atomic E-state index is 13.7. The third kappa shape index (κ3) is 2.66. The van der Waals surface area contributed by atoms with Gasteiger partial charge in [-0.2, -0.15) is 0 Å². The summed E-state index contributed by atoms with van der Waals surface area (Å²) in [6, 6.07) is 1.46. The van der Waals surface area contributed by atoms with Crippen molar-refractivity contribution in [2.24, 2.45) is 5.92 Å². The predicted octanol–water partition coefficient (Wildman–Crippen LogP) is 3.44. The van der Waals surface area contributed by atoms with Crippen LogP contribution >= 0.6 is 27.5 Å². The van der Waals surface area contributed by atoms with Crippen molar-refractivity contribution >= 4 is 33.3 Å². The van der Waals surface area contributed by atoms with Gasteiger partial charge in [-0.25, -0.2) is 9.37 Å². The van der Waals surface area contributed by atoms with Crippen molar-refractivity contribution in [3.8, 4) is 0 Å². The lowest BCUT2D eigenvalue weighted by Crippen LogP contribution is -2.22. The lowest BCUT2D eigenvalue weighted by atomic mass is 10.1. The van der Waals surface area contributed by atoms with Gasteiger partial charge in [-0.1, -0.05) is 0 Å². The first-order chi connectivity index (χ1) is 7.70. The number of hydrogen-bond acceptors (Lipinski definition) is 2. The molecule has 0 aromatic carbocycles. The number of halogens is 3. The van der Waals surface area contributed by atoms with E-state index >= 15 is 0 Å². The first-order valence-corrected chi connectivity index (χ1v) is 6.65. The van der Waals surface area contributed by atoms with E-state index in [1.807, 2.05) is 4.90 Å². The second-order valence-corrected chi connectivity index (χ2v) is 5.33. The Bertz CT molecular complexity index is 375. The van der Waals surface area contributed by atoms with Crippen LogP contribution in [0.2, 0.25) is 0 Å². The van der Waals surface area contributed by atoms with Crippen molar-refractivity contribution in [2.75, 3.05) is 23.9 Å². The topological polar surface area (TPSA) is 16.1 Å². The standard InChI is InChI=1S/C11H13BrClFN2/c12-9-5-10(14)11(15-6-9)16-4-2-8(7-16)1-3-13/h5-6,8H,1-4,7H2. The van der Waals surface area contributed by atoms with Gasteiger partial charge in [0.1, 0.15) is 0 Å². The second-order valence-electron chi connectivity index (χ2n) is 4.04. The van der Waals surface area contributed by atoms with Crippen molar-refractivity contribution < 1.29 is 4.39 Å². The number of hydrogen-bond donors (Lipinski definition) is 0. The van der Waals surface area contributed by atoms with Crippen LogP contribution in [-0.4, -0.2) is 24.0 Å². The number of rotatable bonds is 3. The summed E-state index contributed by atoms with van der Waals surface area (Å²) >= 11 is 8.92. The maximum absolute atomic E-state index is 13.7. The van der Waals surface area contributed by atoms with Crippen molar-refractivity contribution in [1.29, 1.82) is 0 Å². The molecule has 0 saturated carbocycles. The molecule has 0 bridgehead atoms. The molecule has 1 aliphatic heterocycles. The van der Waals surface area contributed by atoms with Crippen LogP contribution in [0.1, 0.15) is 12.8 Å². The summed E-state index contributed by atoms with van der Waals surface area (Å²) in [6.07, 6.45) is 3.70. The highest BCUT2D eigenvalue weighted by molar-refractivity contribution is 9.10. The van der Waals surface area contributed by atoms with E-state index in [1.54, 1.807) is 6.20 Å². The van der Waals surface area contributed by atoms with Gasteiger partial charge in [0, 0.05) is 29.6 Å². The first kappa shape index (κ1) is 12.1. The highest BCUT2D eigenvalue weighted by atomic mass is 79.9. The van der Waals surface area contributed by atoms with Crippen LogP contribution in [0, 0.1) is 11.7 Å². The van der Waals surface area contributed by atoms with E-state index in [0.29, 0.717) is 22.1 Å². The highest BCUT2D eigenvalue weighted by Crippen LogP contribution is 2.27. The van der Waals surface area contributed by atoms with Crippen LogP contribution in [0.5, 0.6) is 0 Å². The molecule has 1 atom stereocenters. The molecular weight excluding hydrogens is 294 g/mol. The smallest absolute Gasteiger partial charge is 0.166 e. The van der Waals surface area contributed by atoms with Gasteiger partial charge in [0.05, 0.1) is 0 Å². The fraction of sp³-hybridized carbons (Fsp3) is 0.545. The van der Waals surface area contributed by atoms with Gasteiger partial charge in [-0.05, 0) is 40.8 Å². The Morgan fingerprint density at radius 2 is 2.44 bits per heavy atom. The molecule has 1 aromatic heterocycles. The number of pyridine rings is 1. The van der Waals surface area contributed by atoms with Crippen molar-refractivity contribution in [3.63, 3.8) is 0 Å². The molecule has 2 rings (SSSR count). The van der Waals surface area contributed by atoms with Crippen LogP contribution < -0.4 is 4.90 Å². The number of alkyl halides is 1. The van der Waals surface area contributed by atoms with Crippen molar-refractivity contribution in [1.82, 2.24) is 4.98 Å². The van der Waals surface area contributed by atoms with E-state index in [2.05, 4.69) is 20.9 Å². The molecule has 1 saturated heterocycles. The summed E-state index contributed by atoms with van der Waals surface area (Å²) in [4.78, 5) is 6.12. The third-order valence-corrected chi connectivity index (χ3v) is 3.54. The van der Waals surface area contributed by atoms with Gasteiger partial charge in [-0.15, -0.1) is 11.6 Å². The van der Waals surface area contributed by atoms with Crippen LogP contribution in [0.4, 0.5) is 10.2 Å². The van der Waals surface area contributed by atoms with E-state index in [1.165, 1.54) is 6.07 Å². The molecule has 2 nitrogen and oxygen atoms in total. The van der Waals surface area contributed by atoms with Crippen LogP contribution in [-0.2, 0) is 0 Å². The summed E-state index contributed by atoms with van der Waals surface area (Å²) in [5.41, 5.74) is 0. The monoisotopic (exact) mass is 306 g/mol. The summed E-state index contributed by atoms with van der Waals surface area (Å²) in [7, 11) is 0. The molecule has 0 aliphatic carbocycles. The molecule has 2 heterocycles. The number of anilines is 1. The second kappa shape index (κ2) is 5.32. The number of aromatic nitrogens is 1. The SMILES string of the molecule is Fc1cc(Br)cnc1N1CCC(CCCl)C1. The Balaban J connectivity index is 2.08. The Morgan fingerprint density at radius 3 is 3.12 bits per heavy atom. The summed E-state index contributed by atoms with van der Waals surface area (Å²) in [5.74, 6) is 1.44. The molecule has 1 fully saturated rings. The third-order valence-electron chi connectivity index (χ3n) is 2.89. The Hall–Kier alpha value is -0.350. The molecule has 0 spiro atoms. The molecule has 1 aliphatic rings. The fourth-order valence-electron chi connectivity index (χ4n) is 2.06. The molecule has 0 N–H and O–H groups in total. The Kier molecular flexibility index (Phi) is 4.03. The van der Waals surface area contributed by atoms with Gasteiger partial charge >= 0.3 is 0 Å². The average Bonchev–Trinajstić information content (AvgIpc) is 2.67. The molecule has 5 heteroatoms. The van der Waals surface area contributed by atoms with E-state index in [9.17, 15) is 4.39 Å². The zero-order valence-electron chi connectivity index (χ0n) is 8.80. The largest absolute Gasteiger partial charge is 0.354 e. The predicted molar refractivity (Wildman–Crippen MR) is 67.6 cm³/mol. The molecule has 0 amide bonds. The summed E-state index contributed by atoms with van der Waals surface area (Å²) in [6.45, 7) is 1.73. The quantitative estimate of drug-likeness (QED) is 0.795. The minimum atomic E-state index is -0.263. The average molecular weight is 308 g/mol. The molecular formula is C11H13BrClFN2. The molecule has 1 unspecified atom stereocenters. The van der Waals surface area contributed by atoms with Crippen molar-refractivity contribution in [2.45, 2.75) is 12.8 Å². The zero-order valence-corrected chi connectivity index (χ0v) is 11.1. The van der Waals surface area contributed by atoms with E-state index in [-0.39, 0.29) is 5.82 Å². The Labute approximate surface area is 108 Å². The number of nitrogens with zero attached hydrogens (tertiary/aromatic N) is 2. The van der Waals surface area contributed by atoms with E-state index in [4.69, 9.17) is 11.6 Å². The van der Waals surface area contributed by atoms with Gasteiger partial charge in [0.25, 0.3) is 0 Å². The van der Waals surface area contributed by atoms with Gasteiger partial charge in [0.2, 0.25) is 0 Å². The van der Waals surface area contributed by atoms with Crippen molar-refractivity contribution in [3.05, 3.63) is 22.6 Å². The maximum Gasteiger partial charge on any atom is 0.166 e. The van der Waals surface area contributed by atoms with E-state index < -0.39 is 0 Å². The lowest BCUT2D eigenvalue weighted by molar-refractivity contribution is 0.568. The lowest BCUT2D eigenvalue weighted by Gasteiger charge is -2.17. The first-order valence-electron chi connectivity index (χ1n) is 5.32. The minimum absolute atomic E-state index is 0.263. The molecule has 0 radical (unpaired) electrons. The highest BCUT2D eigenvalue weighted by Gasteiger charge is 2.24. The van der Waals surface area contributed by atoms with Crippen LogP contribution in [0.3, 0.4) is 0 Å².